The van der Waals surface area contributed by atoms with Crippen LogP contribution < -0.4 is 10.1 Å². The maximum Gasteiger partial charge on any atom is 0.341 e. The van der Waals surface area contributed by atoms with Crippen molar-refractivity contribution < 1.29 is 23.9 Å². The second-order valence-electron chi connectivity index (χ2n) is 8.01. The summed E-state index contributed by atoms with van der Waals surface area (Å²) < 4.78 is 11.0. The maximum atomic E-state index is 13.0. The molecule has 0 radical (unpaired) electrons. The molecule has 1 aliphatic carbocycles. The van der Waals surface area contributed by atoms with Crippen molar-refractivity contribution in [3.05, 3.63) is 50.7 Å². The highest BCUT2D eigenvalue weighted by Crippen LogP contribution is 2.39. The smallest absolute Gasteiger partial charge is 0.341 e. The number of thiocarbonyl (C=S) groups is 1. The molecule has 1 saturated heterocycles. The Balaban J connectivity index is 1.43. The predicted molar refractivity (Wildman–Crippen MR) is 143 cm³/mol. The van der Waals surface area contributed by atoms with Crippen molar-refractivity contribution in [3.8, 4) is 5.75 Å². The Labute approximate surface area is 217 Å². The SMILES string of the molecule is CCOC(=O)c1c(NC(=O)CCN2C(=O)C(=Cc3ccccc3OC)SC2=S)sc2c1CCCC2. The lowest BCUT2D eigenvalue weighted by Gasteiger charge is -2.14. The first-order valence-electron chi connectivity index (χ1n) is 11.4. The van der Waals surface area contributed by atoms with E-state index in [0.29, 0.717) is 25.5 Å². The number of thiophene rings is 1. The zero-order chi connectivity index (χ0) is 24.9. The average Bonchev–Trinajstić information content (AvgIpc) is 3.34. The summed E-state index contributed by atoms with van der Waals surface area (Å²) in [5.41, 5.74) is 2.25. The highest BCUT2D eigenvalue weighted by atomic mass is 32.2. The molecule has 2 amide bonds. The fourth-order valence-corrected chi connectivity index (χ4v) is 6.69. The Hall–Kier alpha value is -2.69. The van der Waals surface area contributed by atoms with Crippen molar-refractivity contribution in [1.29, 1.82) is 0 Å². The zero-order valence-electron chi connectivity index (χ0n) is 19.5. The molecule has 0 saturated carbocycles. The average molecular weight is 531 g/mol. The van der Waals surface area contributed by atoms with E-state index >= 15 is 0 Å². The number of amides is 2. The highest BCUT2D eigenvalue weighted by molar-refractivity contribution is 8.26. The summed E-state index contributed by atoms with van der Waals surface area (Å²) in [5, 5.41) is 3.42. The van der Waals surface area contributed by atoms with Gasteiger partial charge in [-0.2, -0.15) is 0 Å². The lowest BCUT2D eigenvalue weighted by molar-refractivity contribution is -0.122. The second kappa shape index (κ2) is 11.4. The summed E-state index contributed by atoms with van der Waals surface area (Å²) in [6.45, 7) is 2.19. The van der Waals surface area contributed by atoms with Crippen LogP contribution in [0.5, 0.6) is 5.75 Å². The molecule has 7 nitrogen and oxygen atoms in total. The van der Waals surface area contributed by atoms with Crippen molar-refractivity contribution in [2.75, 3.05) is 25.6 Å². The summed E-state index contributed by atoms with van der Waals surface area (Å²) in [6.07, 6.45) is 5.60. The van der Waals surface area contributed by atoms with Crippen molar-refractivity contribution in [3.63, 3.8) is 0 Å². The van der Waals surface area contributed by atoms with E-state index < -0.39 is 5.97 Å². The summed E-state index contributed by atoms with van der Waals surface area (Å²) >= 11 is 8.05. The summed E-state index contributed by atoms with van der Waals surface area (Å²) in [5.74, 6) is -0.261. The van der Waals surface area contributed by atoms with E-state index in [1.807, 2.05) is 24.3 Å². The number of carbonyl (C=O) groups excluding carboxylic acids is 3. The molecule has 0 unspecified atom stereocenters. The number of nitrogens with zero attached hydrogens (tertiary/aromatic N) is 1. The quantitative estimate of drug-likeness (QED) is 0.291. The predicted octanol–water partition coefficient (Wildman–Crippen LogP) is 5.04. The minimum atomic E-state index is -0.402. The molecule has 0 atom stereocenters. The Morgan fingerprint density at radius 1 is 1.23 bits per heavy atom. The van der Waals surface area contributed by atoms with Gasteiger partial charge in [-0.3, -0.25) is 14.5 Å². The van der Waals surface area contributed by atoms with Crippen LogP contribution in [-0.4, -0.2) is 47.3 Å². The molecule has 2 heterocycles. The number of nitrogens with one attached hydrogen (secondary N) is 1. The van der Waals surface area contributed by atoms with Crippen LogP contribution in [0.3, 0.4) is 0 Å². The monoisotopic (exact) mass is 530 g/mol. The fourth-order valence-electron chi connectivity index (χ4n) is 4.10. The molecule has 1 aromatic heterocycles. The van der Waals surface area contributed by atoms with E-state index in [9.17, 15) is 14.4 Å². The van der Waals surface area contributed by atoms with Gasteiger partial charge in [0, 0.05) is 23.4 Å². The molecule has 184 valence electrons. The molecular weight excluding hydrogens is 504 g/mol. The summed E-state index contributed by atoms with van der Waals surface area (Å²) in [7, 11) is 1.58. The van der Waals surface area contributed by atoms with Crippen LogP contribution in [0.2, 0.25) is 0 Å². The number of fused-ring (bicyclic) bond motifs is 1. The number of carbonyl (C=O) groups is 3. The largest absolute Gasteiger partial charge is 0.496 e. The fraction of sp³-hybridized carbons (Fsp3) is 0.360. The molecule has 1 fully saturated rings. The molecule has 0 bridgehead atoms. The summed E-state index contributed by atoms with van der Waals surface area (Å²) in [4.78, 5) is 41.4. The third-order valence-electron chi connectivity index (χ3n) is 5.77. The van der Waals surface area contributed by atoms with E-state index in [-0.39, 0.29) is 31.4 Å². The first-order chi connectivity index (χ1) is 16.9. The number of hydrogen-bond acceptors (Lipinski definition) is 8. The van der Waals surface area contributed by atoms with Crippen LogP contribution in [0.15, 0.2) is 29.2 Å². The number of hydrogen-bond donors (Lipinski definition) is 1. The molecule has 2 aliphatic rings. The van der Waals surface area contributed by atoms with E-state index in [1.165, 1.54) is 28.0 Å². The molecule has 2 aromatic rings. The molecule has 0 spiro atoms. The first kappa shape index (κ1) is 25.4. The zero-order valence-corrected chi connectivity index (χ0v) is 22.0. The number of para-hydroxylation sites is 1. The maximum absolute atomic E-state index is 13.0. The number of ether oxygens (including phenoxy) is 2. The third kappa shape index (κ3) is 5.60. The Morgan fingerprint density at radius 2 is 2.00 bits per heavy atom. The topological polar surface area (TPSA) is 84.9 Å². The molecule has 35 heavy (non-hydrogen) atoms. The van der Waals surface area contributed by atoms with Gasteiger partial charge in [0.25, 0.3) is 5.91 Å². The van der Waals surface area contributed by atoms with Gasteiger partial charge in [0.15, 0.2) is 0 Å². The standard InChI is InChI=1S/C25H26N2O5S3/c1-3-32-24(30)21-16-9-5-7-11-18(16)34-22(21)26-20(28)12-13-27-23(29)19(35-25(27)33)14-15-8-4-6-10-17(15)31-2/h4,6,8,10,14H,3,5,7,9,11-13H2,1-2H3,(H,26,28). The number of anilines is 1. The van der Waals surface area contributed by atoms with E-state index in [0.717, 1.165) is 41.7 Å². The lowest BCUT2D eigenvalue weighted by atomic mass is 9.95. The van der Waals surface area contributed by atoms with Crippen molar-refractivity contribution >= 4 is 68.5 Å². The molecule has 4 rings (SSSR count). The summed E-state index contributed by atoms with van der Waals surface area (Å²) in [6, 6.07) is 7.41. The van der Waals surface area contributed by atoms with Crippen LogP contribution in [0.25, 0.3) is 6.08 Å². The Bertz CT molecular complexity index is 1200. The van der Waals surface area contributed by atoms with Crippen molar-refractivity contribution in [1.82, 2.24) is 4.90 Å². The van der Waals surface area contributed by atoms with Crippen LogP contribution in [0.1, 0.15) is 52.5 Å². The minimum Gasteiger partial charge on any atom is -0.496 e. The number of benzene rings is 1. The van der Waals surface area contributed by atoms with E-state index in [4.69, 9.17) is 21.7 Å². The number of thioether (sulfide) groups is 1. The number of aryl methyl sites for hydroxylation is 1. The van der Waals surface area contributed by atoms with Crippen molar-refractivity contribution in [2.45, 2.75) is 39.0 Å². The Morgan fingerprint density at radius 3 is 2.77 bits per heavy atom. The number of esters is 1. The normalized spacial score (nSPS) is 16.4. The van der Waals surface area contributed by atoms with Gasteiger partial charge in [-0.05, 0) is 50.3 Å². The van der Waals surface area contributed by atoms with E-state index in [2.05, 4.69) is 5.32 Å². The van der Waals surface area contributed by atoms with E-state index in [1.54, 1.807) is 20.1 Å². The number of rotatable bonds is 8. The first-order valence-corrected chi connectivity index (χ1v) is 13.5. The highest BCUT2D eigenvalue weighted by Gasteiger charge is 2.33. The molecular formula is C25H26N2O5S3. The molecule has 1 N–H and O–H groups in total. The van der Waals surface area contributed by atoms with Gasteiger partial charge in [-0.15, -0.1) is 11.3 Å². The number of methoxy groups -OCH3 is 1. The van der Waals surface area contributed by atoms with Gasteiger partial charge in [0.05, 0.1) is 24.2 Å². The molecule has 1 aliphatic heterocycles. The van der Waals surface area contributed by atoms with Gasteiger partial charge in [-0.1, -0.05) is 42.2 Å². The molecule has 1 aromatic carbocycles. The Kier molecular flexibility index (Phi) is 8.25. The van der Waals surface area contributed by atoms with Crippen molar-refractivity contribution in [2.24, 2.45) is 0 Å². The van der Waals surface area contributed by atoms with Crippen LogP contribution >= 0.6 is 35.3 Å². The van der Waals surface area contributed by atoms with Gasteiger partial charge < -0.3 is 14.8 Å². The van der Waals surface area contributed by atoms with Gasteiger partial charge in [-0.25, -0.2) is 4.79 Å². The minimum absolute atomic E-state index is 0.0548. The van der Waals surface area contributed by atoms with Gasteiger partial charge >= 0.3 is 5.97 Å². The lowest BCUT2D eigenvalue weighted by Crippen LogP contribution is -2.31. The second-order valence-corrected chi connectivity index (χ2v) is 10.8. The van der Waals surface area contributed by atoms with Crippen LogP contribution in [-0.2, 0) is 27.2 Å². The molecule has 10 heteroatoms. The van der Waals surface area contributed by atoms with Crippen LogP contribution in [0.4, 0.5) is 5.00 Å². The van der Waals surface area contributed by atoms with Gasteiger partial charge in [0.2, 0.25) is 5.91 Å². The third-order valence-corrected chi connectivity index (χ3v) is 8.35. The van der Waals surface area contributed by atoms with Crippen LogP contribution in [0, 0.1) is 0 Å². The van der Waals surface area contributed by atoms with Gasteiger partial charge in [0.1, 0.15) is 15.1 Å².